The summed E-state index contributed by atoms with van der Waals surface area (Å²) in [7, 11) is 0. The molecule has 0 aromatic heterocycles. The molecule has 1 rings (SSSR count). The van der Waals surface area contributed by atoms with Gasteiger partial charge in [0.05, 0.1) is 6.61 Å². The van der Waals surface area contributed by atoms with Crippen molar-refractivity contribution in [1.29, 1.82) is 0 Å². The van der Waals surface area contributed by atoms with Gasteiger partial charge in [0.15, 0.2) is 0 Å². The molecule has 0 aliphatic heterocycles. The minimum absolute atomic E-state index is 0.111. The highest BCUT2D eigenvalue weighted by atomic mass is 35.5. The molecule has 15 heavy (non-hydrogen) atoms. The van der Waals surface area contributed by atoms with E-state index in [1.54, 1.807) is 13.0 Å². The third-order valence-electron chi connectivity index (χ3n) is 1.78. The topological polar surface area (TPSA) is 49.3 Å². The van der Waals surface area contributed by atoms with E-state index in [2.05, 4.69) is 5.32 Å². The molecule has 1 aromatic rings. The standard InChI is InChI=1S/C10H11Cl2NO2/c1-6(5-14)13-10(15)7-2-8(11)4-9(12)3-7/h2-4,6,14H,5H2,1H3,(H,13,15). The van der Waals surface area contributed by atoms with Gasteiger partial charge in [-0.05, 0) is 25.1 Å². The molecule has 1 aromatic carbocycles. The maximum Gasteiger partial charge on any atom is 0.251 e. The Kier molecular flexibility index (Phi) is 4.39. The van der Waals surface area contributed by atoms with Crippen LogP contribution in [-0.4, -0.2) is 23.7 Å². The lowest BCUT2D eigenvalue weighted by atomic mass is 10.2. The Labute approximate surface area is 98.0 Å². The molecule has 1 amide bonds. The second-order valence-electron chi connectivity index (χ2n) is 3.22. The second-order valence-corrected chi connectivity index (χ2v) is 4.09. The zero-order valence-corrected chi connectivity index (χ0v) is 9.64. The Morgan fingerprint density at radius 3 is 2.40 bits per heavy atom. The molecule has 1 atom stereocenters. The predicted octanol–water partition coefficient (Wildman–Crippen LogP) is 2.10. The molecule has 2 N–H and O–H groups in total. The van der Waals surface area contributed by atoms with Gasteiger partial charge in [0.1, 0.15) is 0 Å². The van der Waals surface area contributed by atoms with Crippen LogP contribution in [0.25, 0.3) is 0 Å². The number of aliphatic hydroxyl groups is 1. The van der Waals surface area contributed by atoms with E-state index in [9.17, 15) is 4.79 Å². The van der Waals surface area contributed by atoms with Crippen molar-refractivity contribution in [3.05, 3.63) is 33.8 Å². The van der Waals surface area contributed by atoms with Crippen LogP contribution in [-0.2, 0) is 0 Å². The Hall–Kier alpha value is -0.770. The van der Waals surface area contributed by atoms with Crippen molar-refractivity contribution in [1.82, 2.24) is 5.32 Å². The summed E-state index contributed by atoms with van der Waals surface area (Å²) >= 11 is 11.5. The monoisotopic (exact) mass is 247 g/mol. The average Bonchev–Trinajstić information content (AvgIpc) is 2.16. The normalized spacial score (nSPS) is 12.3. The zero-order chi connectivity index (χ0) is 11.4. The highest BCUT2D eigenvalue weighted by molar-refractivity contribution is 6.35. The highest BCUT2D eigenvalue weighted by Gasteiger charge is 2.10. The van der Waals surface area contributed by atoms with Crippen LogP contribution >= 0.6 is 23.2 Å². The molecule has 1 unspecified atom stereocenters. The number of amides is 1. The molecule has 0 aliphatic rings. The van der Waals surface area contributed by atoms with Crippen LogP contribution in [0.3, 0.4) is 0 Å². The summed E-state index contributed by atoms with van der Waals surface area (Å²) in [4.78, 5) is 11.6. The molecule has 0 spiro atoms. The van der Waals surface area contributed by atoms with E-state index in [-0.39, 0.29) is 18.6 Å². The fourth-order valence-corrected chi connectivity index (χ4v) is 1.56. The van der Waals surface area contributed by atoms with E-state index < -0.39 is 0 Å². The van der Waals surface area contributed by atoms with Crippen LogP contribution in [0, 0.1) is 0 Å². The third-order valence-corrected chi connectivity index (χ3v) is 2.21. The van der Waals surface area contributed by atoms with E-state index in [1.807, 2.05) is 0 Å². The molecule has 3 nitrogen and oxygen atoms in total. The first-order chi connectivity index (χ1) is 7.02. The fourth-order valence-electron chi connectivity index (χ4n) is 1.04. The SMILES string of the molecule is CC(CO)NC(=O)c1cc(Cl)cc(Cl)c1. The summed E-state index contributed by atoms with van der Waals surface area (Å²) < 4.78 is 0. The van der Waals surface area contributed by atoms with E-state index in [1.165, 1.54) is 12.1 Å². The molecule has 0 aliphatic carbocycles. The first-order valence-electron chi connectivity index (χ1n) is 4.40. The van der Waals surface area contributed by atoms with Crippen molar-refractivity contribution >= 4 is 29.1 Å². The lowest BCUT2D eigenvalue weighted by Crippen LogP contribution is -2.34. The van der Waals surface area contributed by atoms with Crippen molar-refractivity contribution < 1.29 is 9.90 Å². The summed E-state index contributed by atoms with van der Waals surface area (Å²) in [6.45, 7) is 1.59. The Morgan fingerprint density at radius 1 is 1.40 bits per heavy atom. The number of nitrogens with one attached hydrogen (secondary N) is 1. The largest absolute Gasteiger partial charge is 0.394 e. The van der Waals surface area contributed by atoms with E-state index >= 15 is 0 Å². The smallest absolute Gasteiger partial charge is 0.251 e. The van der Waals surface area contributed by atoms with Gasteiger partial charge in [-0.2, -0.15) is 0 Å². The maximum atomic E-state index is 11.6. The summed E-state index contributed by atoms with van der Waals surface area (Å²) in [5.74, 6) is -0.305. The molecule has 0 saturated heterocycles. The second kappa shape index (κ2) is 5.35. The molecular formula is C10H11Cl2NO2. The number of benzene rings is 1. The van der Waals surface area contributed by atoms with Gasteiger partial charge in [0, 0.05) is 21.7 Å². The molecular weight excluding hydrogens is 237 g/mol. The van der Waals surface area contributed by atoms with Gasteiger partial charge < -0.3 is 10.4 Å². The van der Waals surface area contributed by atoms with E-state index in [0.717, 1.165) is 0 Å². The minimum Gasteiger partial charge on any atom is -0.394 e. The van der Waals surface area contributed by atoms with Crippen molar-refractivity contribution in [3.8, 4) is 0 Å². The quantitative estimate of drug-likeness (QED) is 0.860. The zero-order valence-electron chi connectivity index (χ0n) is 8.13. The number of hydrogen-bond donors (Lipinski definition) is 2. The van der Waals surface area contributed by atoms with Crippen LogP contribution in [0.5, 0.6) is 0 Å². The van der Waals surface area contributed by atoms with Crippen molar-refractivity contribution in [3.63, 3.8) is 0 Å². The number of hydrogen-bond acceptors (Lipinski definition) is 2. The van der Waals surface area contributed by atoms with Gasteiger partial charge >= 0.3 is 0 Å². The Balaban J connectivity index is 2.82. The van der Waals surface area contributed by atoms with Gasteiger partial charge in [0.2, 0.25) is 0 Å². The minimum atomic E-state index is -0.305. The first kappa shape index (κ1) is 12.3. The van der Waals surface area contributed by atoms with Crippen molar-refractivity contribution in [2.45, 2.75) is 13.0 Å². The maximum absolute atomic E-state index is 11.6. The molecule has 0 saturated carbocycles. The van der Waals surface area contributed by atoms with Crippen LogP contribution in [0.15, 0.2) is 18.2 Å². The molecule has 82 valence electrons. The summed E-state index contributed by atoms with van der Waals surface area (Å²) in [6, 6.07) is 4.30. The van der Waals surface area contributed by atoms with Gasteiger partial charge in [-0.3, -0.25) is 4.79 Å². The van der Waals surface area contributed by atoms with Gasteiger partial charge in [0.25, 0.3) is 5.91 Å². The van der Waals surface area contributed by atoms with Crippen LogP contribution in [0.1, 0.15) is 17.3 Å². The molecule has 0 heterocycles. The van der Waals surface area contributed by atoms with Crippen LogP contribution in [0.2, 0.25) is 10.0 Å². The Morgan fingerprint density at radius 2 is 1.93 bits per heavy atom. The highest BCUT2D eigenvalue weighted by Crippen LogP contribution is 2.18. The summed E-state index contributed by atoms with van der Waals surface area (Å²) in [5, 5.41) is 12.2. The third kappa shape index (κ3) is 3.70. The fraction of sp³-hybridized carbons (Fsp3) is 0.300. The average molecular weight is 248 g/mol. The number of carbonyl (C=O) groups excluding carboxylic acids is 1. The summed E-state index contributed by atoms with van der Waals surface area (Å²) in [6.07, 6.45) is 0. The number of carbonyl (C=O) groups is 1. The summed E-state index contributed by atoms with van der Waals surface area (Å²) in [5.41, 5.74) is 0.382. The molecule has 0 bridgehead atoms. The lowest BCUT2D eigenvalue weighted by molar-refractivity contribution is 0.0922. The lowest BCUT2D eigenvalue weighted by Gasteiger charge is -2.10. The van der Waals surface area contributed by atoms with Crippen molar-refractivity contribution in [2.75, 3.05) is 6.61 Å². The first-order valence-corrected chi connectivity index (χ1v) is 5.16. The number of rotatable bonds is 3. The Bertz CT molecular complexity index is 348. The molecule has 5 heteroatoms. The van der Waals surface area contributed by atoms with Crippen LogP contribution in [0.4, 0.5) is 0 Å². The van der Waals surface area contributed by atoms with E-state index in [0.29, 0.717) is 15.6 Å². The number of halogens is 2. The van der Waals surface area contributed by atoms with Gasteiger partial charge in [-0.15, -0.1) is 0 Å². The molecule has 0 radical (unpaired) electrons. The van der Waals surface area contributed by atoms with Crippen molar-refractivity contribution in [2.24, 2.45) is 0 Å². The van der Waals surface area contributed by atoms with Gasteiger partial charge in [-0.25, -0.2) is 0 Å². The number of aliphatic hydroxyl groups excluding tert-OH is 1. The predicted molar refractivity (Wildman–Crippen MR) is 60.5 cm³/mol. The van der Waals surface area contributed by atoms with Gasteiger partial charge in [-0.1, -0.05) is 23.2 Å². The molecule has 0 fully saturated rings. The van der Waals surface area contributed by atoms with E-state index in [4.69, 9.17) is 28.3 Å². The van der Waals surface area contributed by atoms with Crippen LogP contribution < -0.4 is 5.32 Å².